The molecule has 154 valence electrons. The van der Waals surface area contributed by atoms with Crippen LogP contribution in [0.5, 0.6) is 5.88 Å². The summed E-state index contributed by atoms with van der Waals surface area (Å²) < 4.78 is 28.6. The first-order chi connectivity index (χ1) is 14.2. The van der Waals surface area contributed by atoms with Crippen molar-refractivity contribution in [2.24, 2.45) is 0 Å². The third-order valence-electron chi connectivity index (χ3n) is 4.39. The molecular formula is C22H21F2N5O. The minimum absolute atomic E-state index is 0.102. The van der Waals surface area contributed by atoms with Crippen LogP contribution in [0.3, 0.4) is 0 Å². The van der Waals surface area contributed by atoms with Crippen molar-refractivity contribution in [2.45, 2.75) is 26.3 Å². The van der Waals surface area contributed by atoms with E-state index in [9.17, 15) is 13.9 Å². The van der Waals surface area contributed by atoms with Gasteiger partial charge < -0.3 is 20.7 Å². The highest BCUT2D eigenvalue weighted by Gasteiger charge is 2.18. The van der Waals surface area contributed by atoms with Crippen molar-refractivity contribution >= 4 is 28.1 Å². The van der Waals surface area contributed by atoms with Crippen LogP contribution in [0.4, 0.5) is 26.0 Å². The lowest BCUT2D eigenvalue weighted by atomic mass is 10.1. The number of fused-ring (bicyclic) bond motifs is 1. The van der Waals surface area contributed by atoms with Gasteiger partial charge >= 0.3 is 0 Å². The molecule has 4 aromatic rings. The highest BCUT2D eigenvalue weighted by atomic mass is 19.1. The number of pyridine rings is 2. The van der Waals surface area contributed by atoms with Crippen LogP contribution in [0.1, 0.15) is 20.8 Å². The number of aromatic nitrogens is 3. The number of anilines is 3. The third kappa shape index (κ3) is 3.89. The largest absolute Gasteiger partial charge is 0.494 e. The molecule has 0 unspecified atom stereocenters. The first-order valence-corrected chi connectivity index (χ1v) is 9.38. The van der Waals surface area contributed by atoms with Gasteiger partial charge in [0.15, 0.2) is 5.88 Å². The van der Waals surface area contributed by atoms with Gasteiger partial charge in [-0.05, 0) is 51.1 Å². The van der Waals surface area contributed by atoms with Gasteiger partial charge in [-0.3, -0.25) is 0 Å². The summed E-state index contributed by atoms with van der Waals surface area (Å²) in [6.07, 6.45) is 3.16. The normalized spacial score (nSPS) is 11.6. The number of aromatic amines is 1. The fraction of sp³-hybridized carbons (Fsp3) is 0.182. The Balaban J connectivity index is 1.76. The van der Waals surface area contributed by atoms with Crippen LogP contribution in [0.15, 0.2) is 48.8 Å². The molecule has 0 saturated carbocycles. The quantitative estimate of drug-likeness (QED) is 0.354. The van der Waals surface area contributed by atoms with Gasteiger partial charge in [0.2, 0.25) is 0 Å². The zero-order valence-electron chi connectivity index (χ0n) is 16.7. The van der Waals surface area contributed by atoms with Crippen molar-refractivity contribution in [1.82, 2.24) is 15.0 Å². The van der Waals surface area contributed by atoms with Gasteiger partial charge in [-0.15, -0.1) is 0 Å². The lowest BCUT2D eigenvalue weighted by Crippen LogP contribution is -2.26. The van der Waals surface area contributed by atoms with Gasteiger partial charge in [0.05, 0.1) is 39.7 Å². The predicted octanol–water partition coefficient (Wildman–Crippen LogP) is 5.56. The Morgan fingerprint density at radius 3 is 2.43 bits per heavy atom. The number of hydrogen-bond acceptors (Lipinski definition) is 5. The summed E-state index contributed by atoms with van der Waals surface area (Å²) in [5, 5.41) is 17.0. The van der Waals surface area contributed by atoms with E-state index in [1.54, 1.807) is 12.3 Å². The fourth-order valence-electron chi connectivity index (χ4n) is 3.21. The number of halogens is 2. The Bertz CT molecular complexity index is 1190. The molecule has 4 N–H and O–H groups in total. The highest BCUT2D eigenvalue weighted by Crippen LogP contribution is 2.36. The first kappa shape index (κ1) is 19.6. The maximum atomic E-state index is 14.3. The topological polar surface area (TPSA) is 85.9 Å². The van der Waals surface area contributed by atoms with E-state index in [2.05, 4.69) is 25.6 Å². The maximum Gasteiger partial charge on any atom is 0.200 e. The van der Waals surface area contributed by atoms with Gasteiger partial charge in [-0.2, -0.15) is 0 Å². The highest BCUT2D eigenvalue weighted by molar-refractivity contribution is 5.99. The minimum Gasteiger partial charge on any atom is -0.494 e. The molecule has 0 radical (unpaired) electrons. The van der Waals surface area contributed by atoms with Gasteiger partial charge in [0, 0.05) is 11.7 Å². The van der Waals surface area contributed by atoms with Gasteiger partial charge in [-0.1, -0.05) is 6.07 Å². The number of nitrogens with one attached hydrogen (secondary N) is 3. The van der Waals surface area contributed by atoms with Crippen LogP contribution in [0, 0.1) is 11.6 Å². The molecule has 8 heteroatoms. The first-order valence-electron chi connectivity index (χ1n) is 9.38. The van der Waals surface area contributed by atoms with E-state index in [0.717, 1.165) is 5.69 Å². The Hall–Kier alpha value is -3.68. The molecule has 0 aliphatic heterocycles. The molecule has 4 rings (SSSR count). The van der Waals surface area contributed by atoms with E-state index in [0.29, 0.717) is 22.4 Å². The van der Waals surface area contributed by atoms with E-state index < -0.39 is 11.6 Å². The smallest absolute Gasteiger partial charge is 0.200 e. The van der Waals surface area contributed by atoms with Crippen LogP contribution in [0.2, 0.25) is 0 Å². The van der Waals surface area contributed by atoms with Gasteiger partial charge in [-0.25, -0.2) is 18.7 Å². The summed E-state index contributed by atoms with van der Waals surface area (Å²) in [4.78, 5) is 11.4. The van der Waals surface area contributed by atoms with Crippen molar-refractivity contribution in [1.29, 1.82) is 0 Å². The van der Waals surface area contributed by atoms with Crippen molar-refractivity contribution in [3.8, 4) is 17.1 Å². The Kier molecular flexibility index (Phi) is 4.77. The SMILES string of the molecule is CC(C)(C)Nc1ccc(Nc2cc(-c3c(F)cccc3F)nc3c[nH]c(O)c23)nc1. The number of H-pyrrole nitrogens is 1. The van der Waals surface area contributed by atoms with E-state index in [1.807, 2.05) is 26.8 Å². The lowest BCUT2D eigenvalue weighted by Gasteiger charge is -2.22. The standard InChI is InChI=1S/C22H21F2N5O/c1-22(2,3)29-12-7-8-18(25-10-12)28-16-9-15(19-13(23)5-4-6-14(19)24)27-17-11-26-21(30)20(16)17/h4-11,26,29-30H,1-3H3,(H,25,28). The molecule has 0 aliphatic carbocycles. The van der Waals surface area contributed by atoms with E-state index in [4.69, 9.17) is 0 Å². The Labute approximate surface area is 172 Å². The summed E-state index contributed by atoms with van der Waals surface area (Å²) in [7, 11) is 0. The molecule has 3 heterocycles. The second-order valence-corrected chi connectivity index (χ2v) is 7.98. The molecule has 0 amide bonds. The summed E-state index contributed by atoms with van der Waals surface area (Å²) in [5.41, 5.74) is 1.39. The van der Waals surface area contributed by atoms with Crippen LogP contribution in [-0.4, -0.2) is 25.6 Å². The molecule has 1 aromatic carbocycles. The molecule has 0 fully saturated rings. The maximum absolute atomic E-state index is 14.3. The third-order valence-corrected chi connectivity index (χ3v) is 4.39. The zero-order valence-corrected chi connectivity index (χ0v) is 16.7. The fourth-order valence-corrected chi connectivity index (χ4v) is 3.21. The summed E-state index contributed by atoms with van der Waals surface area (Å²) in [6, 6.07) is 8.77. The van der Waals surface area contributed by atoms with Crippen LogP contribution < -0.4 is 10.6 Å². The molecule has 0 saturated heterocycles. The van der Waals surface area contributed by atoms with Crippen LogP contribution in [0.25, 0.3) is 22.2 Å². The summed E-state index contributed by atoms with van der Waals surface area (Å²) in [5.74, 6) is -1.04. The van der Waals surface area contributed by atoms with Crippen LogP contribution >= 0.6 is 0 Å². The Morgan fingerprint density at radius 2 is 1.80 bits per heavy atom. The summed E-state index contributed by atoms with van der Waals surface area (Å²) in [6.45, 7) is 6.14. The van der Waals surface area contributed by atoms with Crippen molar-refractivity contribution in [3.05, 3.63) is 60.4 Å². The van der Waals surface area contributed by atoms with E-state index in [-0.39, 0.29) is 22.7 Å². The molecule has 30 heavy (non-hydrogen) atoms. The number of hydrogen-bond donors (Lipinski definition) is 4. The molecule has 0 bridgehead atoms. The van der Waals surface area contributed by atoms with Gasteiger partial charge in [0.1, 0.15) is 17.5 Å². The van der Waals surface area contributed by atoms with E-state index >= 15 is 0 Å². The second kappa shape index (κ2) is 7.29. The molecule has 6 nitrogen and oxygen atoms in total. The molecule has 0 spiro atoms. The number of nitrogens with zero attached hydrogens (tertiary/aromatic N) is 2. The number of aromatic hydroxyl groups is 1. The van der Waals surface area contributed by atoms with Crippen molar-refractivity contribution in [2.75, 3.05) is 10.6 Å². The number of benzene rings is 1. The van der Waals surface area contributed by atoms with Crippen molar-refractivity contribution < 1.29 is 13.9 Å². The zero-order chi connectivity index (χ0) is 21.5. The monoisotopic (exact) mass is 409 g/mol. The molecular weight excluding hydrogens is 388 g/mol. The summed E-state index contributed by atoms with van der Waals surface area (Å²) >= 11 is 0. The van der Waals surface area contributed by atoms with Gasteiger partial charge in [0.25, 0.3) is 0 Å². The Morgan fingerprint density at radius 1 is 1.07 bits per heavy atom. The average Bonchev–Trinajstić information content (AvgIpc) is 3.03. The minimum atomic E-state index is -0.719. The molecule has 0 atom stereocenters. The van der Waals surface area contributed by atoms with E-state index in [1.165, 1.54) is 30.5 Å². The predicted molar refractivity (Wildman–Crippen MR) is 114 cm³/mol. The average molecular weight is 409 g/mol. The molecule has 0 aliphatic rings. The lowest BCUT2D eigenvalue weighted by molar-refractivity contribution is 0.463. The number of rotatable bonds is 4. The molecule has 3 aromatic heterocycles. The van der Waals surface area contributed by atoms with Crippen molar-refractivity contribution in [3.63, 3.8) is 0 Å². The van der Waals surface area contributed by atoms with Crippen LogP contribution in [-0.2, 0) is 0 Å². The second-order valence-electron chi connectivity index (χ2n) is 7.98.